The number of aromatic nitrogens is 2. The molecular formula is C17H22ClN5O2S. The molecule has 0 saturated carbocycles. The molecule has 1 unspecified atom stereocenters. The number of halogens is 1. The van der Waals surface area contributed by atoms with Gasteiger partial charge in [-0.3, -0.25) is 9.69 Å². The third-order valence-electron chi connectivity index (χ3n) is 5.15. The monoisotopic (exact) mass is 395 g/mol. The normalized spacial score (nSPS) is 24.5. The number of morpholine rings is 1. The number of carbonyl (C=O) groups is 1. The summed E-state index contributed by atoms with van der Waals surface area (Å²) >= 11 is 7.88. The molecule has 0 aliphatic carbocycles. The van der Waals surface area contributed by atoms with E-state index in [4.69, 9.17) is 22.1 Å². The summed E-state index contributed by atoms with van der Waals surface area (Å²) in [6.07, 6.45) is 1.81. The summed E-state index contributed by atoms with van der Waals surface area (Å²) < 4.78 is 6.57. The van der Waals surface area contributed by atoms with Crippen LogP contribution in [0.25, 0.3) is 10.2 Å². The van der Waals surface area contributed by atoms with E-state index in [1.54, 1.807) is 11.3 Å². The first-order chi connectivity index (χ1) is 12.5. The first kappa shape index (κ1) is 17.9. The number of likely N-dealkylation sites (tertiary alicyclic amines) is 1. The van der Waals surface area contributed by atoms with Crippen molar-refractivity contribution < 1.29 is 9.53 Å². The summed E-state index contributed by atoms with van der Waals surface area (Å²) in [6.45, 7) is 5.79. The Hall–Kier alpha value is -1.48. The van der Waals surface area contributed by atoms with Crippen molar-refractivity contribution >= 4 is 44.9 Å². The molecule has 0 bridgehead atoms. The van der Waals surface area contributed by atoms with Crippen LogP contribution in [0, 0.1) is 0 Å². The van der Waals surface area contributed by atoms with E-state index in [1.165, 1.54) is 0 Å². The van der Waals surface area contributed by atoms with Crippen LogP contribution in [0.4, 0.5) is 5.82 Å². The minimum Gasteiger partial charge on any atom is -0.377 e. The molecule has 2 atom stereocenters. The van der Waals surface area contributed by atoms with E-state index < -0.39 is 0 Å². The largest absolute Gasteiger partial charge is 0.377 e. The Balaban J connectivity index is 1.69. The number of ether oxygens (including phenoxy) is 1. The third kappa shape index (κ3) is 3.26. The fourth-order valence-corrected chi connectivity index (χ4v) is 5.00. The van der Waals surface area contributed by atoms with Crippen molar-refractivity contribution in [1.82, 2.24) is 14.9 Å². The second-order valence-electron chi connectivity index (χ2n) is 6.90. The molecule has 2 aromatic heterocycles. The van der Waals surface area contributed by atoms with Gasteiger partial charge in [0.05, 0.1) is 35.5 Å². The molecular weight excluding hydrogens is 374 g/mol. The summed E-state index contributed by atoms with van der Waals surface area (Å²) in [6, 6.07) is 0.0438. The molecule has 0 spiro atoms. The second-order valence-corrected chi connectivity index (χ2v) is 8.12. The van der Waals surface area contributed by atoms with Crippen LogP contribution in [0.15, 0.2) is 5.38 Å². The lowest BCUT2D eigenvalue weighted by atomic mass is 10.2. The molecule has 7 nitrogen and oxygen atoms in total. The highest BCUT2D eigenvalue weighted by atomic mass is 35.5. The third-order valence-corrected chi connectivity index (χ3v) is 6.33. The van der Waals surface area contributed by atoms with Crippen LogP contribution in [-0.4, -0.2) is 59.2 Å². The Morgan fingerprint density at radius 3 is 3.08 bits per heavy atom. The number of amides is 1. The van der Waals surface area contributed by atoms with Gasteiger partial charge in [-0.05, 0) is 43.3 Å². The van der Waals surface area contributed by atoms with Crippen molar-refractivity contribution in [2.45, 2.75) is 38.4 Å². The van der Waals surface area contributed by atoms with Gasteiger partial charge in [-0.25, -0.2) is 4.98 Å². The summed E-state index contributed by atoms with van der Waals surface area (Å²) in [5.41, 5.74) is 7.50. The van der Waals surface area contributed by atoms with Gasteiger partial charge in [0.25, 0.3) is 0 Å². The minimum absolute atomic E-state index is 0.194. The van der Waals surface area contributed by atoms with Crippen molar-refractivity contribution in [2.75, 3.05) is 31.2 Å². The molecule has 9 heteroatoms. The van der Waals surface area contributed by atoms with Crippen molar-refractivity contribution in [3.63, 3.8) is 0 Å². The maximum atomic E-state index is 11.7. The molecule has 2 saturated heterocycles. The fourth-order valence-electron chi connectivity index (χ4n) is 3.83. The maximum Gasteiger partial charge on any atom is 0.234 e. The van der Waals surface area contributed by atoms with Crippen LogP contribution in [0.1, 0.15) is 25.3 Å². The molecule has 1 amide bonds. The van der Waals surface area contributed by atoms with E-state index in [9.17, 15) is 4.79 Å². The first-order valence-electron chi connectivity index (χ1n) is 8.86. The number of anilines is 1. The number of nitrogens with zero attached hydrogens (tertiary/aromatic N) is 4. The summed E-state index contributed by atoms with van der Waals surface area (Å²) in [5.74, 6) is 0.623. The van der Waals surface area contributed by atoms with Crippen LogP contribution in [0.2, 0.25) is 5.28 Å². The smallest absolute Gasteiger partial charge is 0.234 e. The summed E-state index contributed by atoms with van der Waals surface area (Å²) in [4.78, 5) is 25.0. The first-order valence-corrected chi connectivity index (χ1v) is 10.1. The van der Waals surface area contributed by atoms with Gasteiger partial charge in [0.1, 0.15) is 0 Å². The Morgan fingerprint density at radius 2 is 2.31 bits per heavy atom. The highest BCUT2D eigenvalue weighted by molar-refractivity contribution is 7.18. The Kier molecular flexibility index (Phi) is 5.00. The Morgan fingerprint density at radius 1 is 1.46 bits per heavy atom. The molecule has 4 heterocycles. The van der Waals surface area contributed by atoms with Gasteiger partial charge >= 0.3 is 0 Å². The number of fused-ring (bicyclic) bond motifs is 1. The number of rotatable bonds is 4. The predicted octanol–water partition coefficient (Wildman–Crippen LogP) is 2.02. The van der Waals surface area contributed by atoms with E-state index in [2.05, 4.69) is 32.1 Å². The molecule has 2 fully saturated rings. The molecule has 2 aliphatic heterocycles. The molecule has 2 aliphatic rings. The number of hydrogen-bond acceptors (Lipinski definition) is 7. The van der Waals surface area contributed by atoms with Crippen LogP contribution < -0.4 is 10.6 Å². The van der Waals surface area contributed by atoms with Crippen LogP contribution in [0.3, 0.4) is 0 Å². The van der Waals surface area contributed by atoms with Gasteiger partial charge in [-0.15, -0.1) is 11.3 Å². The molecule has 140 valence electrons. The zero-order valence-corrected chi connectivity index (χ0v) is 16.2. The van der Waals surface area contributed by atoms with Crippen molar-refractivity contribution in [1.29, 1.82) is 0 Å². The van der Waals surface area contributed by atoms with E-state index >= 15 is 0 Å². The molecule has 4 rings (SSSR count). The number of nitrogens with two attached hydrogens (primary N) is 1. The maximum absolute atomic E-state index is 11.7. The van der Waals surface area contributed by atoms with Gasteiger partial charge in [0.15, 0.2) is 5.82 Å². The van der Waals surface area contributed by atoms with E-state index in [-0.39, 0.29) is 23.3 Å². The van der Waals surface area contributed by atoms with Gasteiger partial charge in [-0.1, -0.05) is 0 Å². The zero-order valence-electron chi connectivity index (χ0n) is 14.7. The summed E-state index contributed by atoms with van der Waals surface area (Å²) in [7, 11) is 0. The van der Waals surface area contributed by atoms with Gasteiger partial charge in [0.2, 0.25) is 11.2 Å². The standard InChI is InChI=1S/C17H22ClN5O2S/c1-10-8-25-6-5-23(10)16-14-13(20-17(18)21-16)11(9-26-14)7-22-4-2-3-12(22)15(19)24/h9-10,12H,2-8H2,1H3,(H2,19,24)/t10-,12?/m1/s1. The SMILES string of the molecule is C[C@@H]1COCCN1c1nc(Cl)nc2c(CN3CCCC3C(N)=O)csc12. The lowest BCUT2D eigenvalue weighted by Gasteiger charge is -2.34. The van der Waals surface area contributed by atoms with Crippen LogP contribution in [0.5, 0.6) is 0 Å². The van der Waals surface area contributed by atoms with Crippen LogP contribution >= 0.6 is 22.9 Å². The van der Waals surface area contributed by atoms with E-state index in [0.717, 1.165) is 47.5 Å². The Bertz CT molecular complexity index is 829. The topological polar surface area (TPSA) is 84.6 Å². The molecule has 2 N–H and O–H groups in total. The van der Waals surface area contributed by atoms with Gasteiger partial charge in [0, 0.05) is 18.7 Å². The average molecular weight is 396 g/mol. The highest BCUT2D eigenvalue weighted by Crippen LogP contribution is 2.35. The van der Waals surface area contributed by atoms with E-state index in [0.29, 0.717) is 19.8 Å². The zero-order chi connectivity index (χ0) is 18.3. The number of primary amides is 1. The number of hydrogen-bond donors (Lipinski definition) is 1. The minimum atomic E-state index is -0.252. The summed E-state index contributed by atoms with van der Waals surface area (Å²) in [5, 5.41) is 2.35. The van der Waals surface area contributed by atoms with Crippen molar-refractivity contribution in [2.24, 2.45) is 5.73 Å². The lowest BCUT2D eigenvalue weighted by Crippen LogP contribution is -2.44. The predicted molar refractivity (Wildman–Crippen MR) is 103 cm³/mol. The van der Waals surface area contributed by atoms with Crippen LogP contribution in [-0.2, 0) is 16.1 Å². The average Bonchev–Trinajstić information content (AvgIpc) is 3.23. The molecule has 0 radical (unpaired) electrons. The number of carbonyl (C=O) groups excluding carboxylic acids is 1. The highest BCUT2D eigenvalue weighted by Gasteiger charge is 2.30. The molecule has 26 heavy (non-hydrogen) atoms. The quantitative estimate of drug-likeness (QED) is 0.797. The van der Waals surface area contributed by atoms with E-state index in [1.807, 2.05) is 0 Å². The van der Waals surface area contributed by atoms with Crippen molar-refractivity contribution in [3.8, 4) is 0 Å². The van der Waals surface area contributed by atoms with Gasteiger partial charge < -0.3 is 15.4 Å². The lowest BCUT2D eigenvalue weighted by molar-refractivity contribution is -0.122. The second kappa shape index (κ2) is 7.26. The molecule has 2 aromatic rings. The van der Waals surface area contributed by atoms with Crippen molar-refractivity contribution in [3.05, 3.63) is 16.2 Å². The fraction of sp³-hybridized carbons (Fsp3) is 0.588. The number of thiophene rings is 1. The molecule has 0 aromatic carbocycles. The Labute approximate surface area is 161 Å². The van der Waals surface area contributed by atoms with Gasteiger partial charge in [-0.2, -0.15) is 4.98 Å².